The van der Waals surface area contributed by atoms with Gasteiger partial charge in [0.2, 0.25) is 0 Å². The van der Waals surface area contributed by atoms with Crippen LogP contribution in [0.4, 0.5) is 4.79 Å². The van der Waals surface area contributed by atoms with Crippen molar-refractivity contribution in [3.63, 3.8) is 0 Å². The first kappa shape index (κ1) is 16.5. The van der Waals surface area contributed by atoms with Crippen molar-refractivity contribution in [2.75, 3.05) is 13.1 Å². The standard InChI is InChI=1S/C15H25NO4/c1-5-11-10-16(14(19)20-15(2,3)4)9-8-12(11)6-7-13(17)18/h5,11-12H,1,6-10H2,2-4H3,(H,17,18). The van der Waals surface area contributed by atoms with Crippen molar-refractivity contribution in [1.82, 2.24) is 4.90 Å². The number of hydrogen-bond acceptors (Lipinski definition) is 3. The summed E-state index contributed by atoms with van der Waals surface area (Å²) in [6.07, 6.45) is 3.11. The number of carboxylic acid groups (broad SMARTS) is 1. The summed E-state index contributed by atoms with van der Waals surface area (Å²) in [6.45, 7) is 10.5. The van der Waals surface area contributed by atoms with E-state index in [0.717, 1.165) is 6.42 Å². The van der Waals surface area contributed by atoms with Gasteiger partial charge in [0.25, 0.3) is 0 Å². The lowest BCUT2D eigenvalue weighted by Crippen LogP contribution is -2.45. The Kier molecular flexibility index (Phi) is 5.60. The third-order valence-corrected chi connectivity index (χ3v) is 3.49. The topological polar surface area (TPSA) is 66.8 Å². The molecule has 1 saturated heterocycles. The number of nitrogens with zero attached hydrogens (tertiary/aromatic N) is 1. The summed E-state index contributed by atoms with van der Waals surface area (Å²) >= 11 is 0. The fraction of sp³-hybridized carbons (Fsp3) is 0.733. The molecule has 1 heterocycles. The van der Waals surface area contributed by atoms with Crippen LogP contribution in [0.15, 0.2) is 12.7 Å². The summed E-state index contributed by atoms with van der Waals surface area (Å²) in [7, 11) is 0. The molecule has 5 heteroatoms. The number of carbonyl (C=O) groups is 2. The van der Waals surface area contributed by atoms with Gasteiger partial charge in [-0.2, -0.15) is 0 Å². The van der Waals surface area contributed by atoms with Crippen LogP contribution in [-0.2, 0) is 9.53 Å². The highest BCUT2D eigenvalue weighted by Crippen LogP contribution is 2.29. The summed E-state index contributed by atoms with van der Waals surface area (Å²) in [6, 6.07) is 0. The van der Waals surface area contributed by atoms with Gasteiger partial charge in [0.05, 0.1) is 0 Å². The van der Waals surface area contributed by atoms with E-state index in [0.29, 0.717) is 19.5 Å². The first-order chi connectivity index (χ1) is 9.23. The number of likely N-dealkylation sites (tertiary alicyclic amines) is 1. The van der Waals surface area contributed by atoms with E-state index in [1.165, 1.54) is 0 Å². The molecule has 0 aromatic carbocycles. The molecular weight excluding hydrogens is 258 g/mol. The van der Waals surface area contributed by atoms with E-state index in [4.69, 9.17) is 9.84 Å². The van der Waals surface area contributed by atoms with Gasteiger partial charge < -0.3 is 14.7 Å². The summed E-state index contributed by atoms with van der Waals surface area (Å²) in [4.78, 5) is 24.4. The Labute approximate surface area is 120 Å². The Morgan fingerprint density at radius 2 is 2.10 bits per heavy atom. The largest absolute Gasteiger partial charge is 0.481 e. The Balaban J connectivity index is 2.56. The minimum Gasteiger partial charge on any atom is -0.481 e. The second-order valence-electron chi connectivity index (χ2n) is 6.31. The number of hydrogen-bond donors (Lipinski definition) is 1. The van der Waals surface area contributed by atoms with Gasteiger partial charge in [-0.15, -0.1) is 6.58 Å². The molecule has 0 saturated carbocycles. The van der Waals surface area contributed by atoms with Crippen molar-refractivity contribution in [2.24, 2.45) is 11.8 Å². The number of piperidine rings is 1. The molecule has 0 spiro atoms. The molecule has 1 aliphatic heterocycles. The van der Waals surface area contributed by atoms with Crippen LogP contribution in [0.2, 0.25) is 0 Å². The number of ether oxygens (including phenoxy) is 1. The van der Waals surface area contributed by atoms with Crippen molar-refractivity contribution in [3.8, 4) is 0 Å². The zero-order valence-corrected chi connectivity index (χ0v) is 12.6. The van der Waals surface area contributed by atoms with Gasteiger partial charge in [0.15, 0.2) is 0 Å². The Morgan fingerprint density at radius 1 is 1.45 bits per heavy atom. The number of aliphatic carboxylic acids is 1. The predicted molar refractivity (Wildman–Crippen MR) is 76.5 cm³/mol. The van der Waals surface area contributed by atoms with Crippen molar-refractivity contribution in [2.45, 2.75) is 45.6 Å². The third-order valence-electron chi connectivity index (χ3n) is 3.49. The highest BCUT2D eigenvalue weighted by Gasteiger charge is 2.32. The van der Waals surface area contributed by atoms with Gasteiger partial charge in [0.1, 0.15) is 5.60 Å². The molecule has 0 bridgehead atoms. The quantitative estimate of drug-likeness (QED) is 0.806. The monoisotopic (exact) mass is 283 g/mol. The summed E-state index contributed by atoms with van der Waals surface area (Å²) in [5, 5.41) is 8.76. The van der Waals surface area contributed by atoms with Crippen LogP contribution >= 0.6 is 0 Å². The minimum absolute atomic E-state index is 0.135. The van der Waals surface area contributed by atoms with E-state index in [9.17, 15) is 9.59 Å². The third kappa shape index (κ3) is 5.23. The molecular formula is C15H25NO4. The average Bonchev–Trinajstić information content (AvgIpc) is 2.33. The van der Waals surface area contributed by atoms with Gasteiger partial charge in [-0.3, -0.25) is 4.79 Å². The van der Waals surface area contributed by atoms with E-state index in [1.54, 1.807) is 4.90 Å². The lowest BCUT2D eigenvalue weighted by atomic mass is 9.82. The summed E-state index contributed by atoms with van der Waals surface area (Å²) < 4.78 is 5.36. The van der Waals surface area contributed by atoms with Crippen LogP contribution in [0.5, 0.6) is 0 Å². The molecule has 1 fully saturated rings. The molecule has 114 valence electrons. The molecule has 1 rings (SSSR count). The maximum Gasteiger partial charge on any atom is 0.410 e. The average molecular weight is 283 g/mol. The molecule has 0 aliphatic carbocycles. The highest BCUT2D eigenvalue weighted by molar-refractivity contribution is 5.68. The van der Waals surface area contributed by atoms with Crippen LogP contribution in [0.3, 0.4) is 0 Å². The molecule has 0 aromatic heterocycles. The Hall–Kier alpha value is -1.52. The van der Waals surface area contributed by atoms with Gasteiger partial charge in [0, 0.05) is 19.5 Å². The minimum atomic E-state index is -0.776. The fourth-order valence-corrected chi connectivity index (χ4v) is 2.46. The summed E-state index contributed by atoms with van der Waals surface area (Å²) in [5.41, 5.74) is -0.499. The first-order valence-electron chi connectivity index (χ1n) is 7.05. The smallest absolute Gasteiger partial charge is 0.410 e. The van der Waals surface area contributed by atoms with Gasteiger partial charge >= 0.3 is 12.1 Å². The lowest BCUT2D eigenvalue weighted by molar-refractivity contribution is -0.137. The van der Waals surface area contributed by atoms with E-state index < -0.39 is 11.6 Å². The van der Waals surface area contributed by atoms with Crippen molar-refractivity contribution in [3.05, 3.63) is 12.7 Å². The zero-order valence-electron chi connectivity index (χ0n) is 12.6. The second kappa shape index (κ2) is 6.77. The van der Waals surface area contributed by atoms with Crippen LogP contribution in [-0.4, -0.2) is 40.8 Å². The number of amides is 1. The molecule has 20 heavy (non-hydrogen) atoms. The second-order valence-corrected chi connectivity index (χ2v) is 6.31. The number of carbonyl (C=O) groups excluding carboxylic acids is 1. The fourth-order valence-electron chi connectivity index (χ4n) is 2.46. The highest BCUT2D eigenvalue weighted by atomic mass is 16.6. The number of rotatable bonds is 4. The van der Waals surface area contributed by atoms with Crippen molar-refractivity contribution in [1.29, 1.82) is 0 Å². The lowest BCUT2D eigenvalue weighted by Gasteiger charge is -2.37. The van der Waals surface area contributed by atoms with E-state index in [1.807, 2.05) is 26.8 Å². The van der Waals surface area contributed by atoms with Crippen LogP contribution in [0.1, 0.15) is 40.0 Å². The van der Waals surface area contributed by atoms with Gasteiger partial charge in [-0.25, -0.2) is 4.79 Å². The molecule has 1 aliphatic rings. The zero-order chi connectivity index (χ0) is 15.3. The molecule has 1 N–H and O–H groups in total. The normalized spacial score (nSPS) is 23.2. The molecule has 5 nitrogen and oxygen atoms in total. The van der Waals surface area contributed by atoms with Crippen LogP contribution in [0.25, 0.3) is 0 Å². The molecule has 2 unspecified atom stereocenters. The maximum absolute atomic E-state index is 12.0. The molecule has 2 atom stereocenters. The maximum atomic E-state index is 12.0. The first-order valence-corrected chi connectivity index (χ1v) is 7.05. The predicted octanol–water partition coefficient (Wildman–Crippen LogP) is 2.91. The van der Waals surface area contributed by atoms with E-state index in [2.05, 4.69) is 6.58 Å². The Bertz CT molecular complexity index is 373. The Morgan fingerprint density at radius 3 is 2.60 bits per heavy atom. The van der Waals surface area contributed by atoms with Crippen molar-refractivity contribution >= 4 is 12.1 Å². The SMILES string of the molecule is C=CC1CN(C(=O)OC(C)(C)C)CCC1CCC(=O)O. The molecule has 1 amide bonds. The molecule has 0 aromatic rings. The van der Waals surface area contributed by atoms with E-state index >= 15 is 0 Å². The van der Waals surface area contributed by atoms with Crippen molar-refractivity contribution < 1.29 is 19.4 Å². The van der Waals surface area contributed by atoms with Crippen LogP contribution < -0.4 is 0 Å². The van der Waals surface area contributed by atoms with Gasteiger partial charge in [-0.1, -0.05) is 6.08 Å². The van der Waals surface area contributed by atoms with Gasteiger partial charge in [-0.05, 0) is 45.4 Å². The van der Waals surface area contributed by atoms with E-state index in [-0.39, 0.29) is 24.3 Å². The molecule has 0 radical (unpaired) electrons. The summed E-state index contributed by atoms with van der Waals surface area (Å²) in [5.74, 6) is -0.361. The van der Waals surface area contributed by atoms with Crippen LogP contribution in [0, 0.1) is 11.8 Å². The number of carboxylic acids is 1.